The van der Waals surface area contributed by atoms with Crippen LogP contribution in [-0.4, -0.2) is 24.1 Å². The van der Waals surface area contributed by atoms with Crippen LogP contribution in [0.15, 0.2) is 249 Å². The molecule has 0 aliphatic carbocycles. The third-order valence-electron chi connectivity index (χ3n) is 13.9. The highest BCUT2D eigenvalue weighted by Crippen LogP contribution is 2.43. The highest BCUT2D eigenvalue weighted by molar-refractivity contribution is 6.21. The van der Waals surface area contributed by atoms with E-state index in [2.05, 4.69) is 240 Å². The molecule has 14 aromatic rings. The lowest BCUT2D eigenvalue weighted by atomic mass is 9.91. The fourth-order valence-electron chi connectivity index (χ4n) is 10.7. The van der Waals surface area contributed by atoms with E-state index in [1.54, 1.807) is 0 Å². The van der Waals surface area contributed by atoms with Crippen LogP contribution in [0.4, 0.5) is 0 Å². The zero-order valence-corrected chi connectivity index (χ0v) is 37.9. The minimum Gasteiger partial charge on any atom is -0.309 e. The minimum atomic E-state index is 0.593. The number of para-hydroxylation sites is 2. The number of hydrogen-bond donors (Lipinski definition) is 0. The molecular formula is C65H41N5. The van der Waals surface area contributed by atoms with Gasteiger partial charge in [-0.3, -0.25) is 0 Å². The van der Waals surface area contributed by atoms with Crippen LogP contribution < -0.4 is 0 Å². The summed E-state index contributed by atoms with van der Waals surface area (Å²) in [5.74, 6) is 1.80. The second kappa shape index (κ2) is 16.1. The Balaban J connectivity index is 1.05. The maximum absolute atomic E-state index is 5.48. The smallest absolute Gasteiger partial charge is 0.164 e. The normalized spacial score (nSPS) is 11.7. The van der Waals surface area contributed by atoms with Gasteiger partial charge in [-0.15, -0.1) is 0 Å². The van der Waals surface area contributed by atoms with Gasteiger partial charge >= 0.3 is 0 Å². The SMILES string of the molecule is c1ccc(-c2nc(-c3ccc4c5ccccc5n(-c5ccccc5)c4c3)nc(-c3ccc(-n4c5cc6ccccc6cc5c5ccc6ccccc6c54)cc3-c3ccccc3-c3ccccc3)n2)cc1. The largest absolute Gasteiger partial charge is 0.309 e. The van der Waals surface area contributed by atoms with Gasteiger partial charge in [0.25, 0.3) is 0 Å². The van der Waals surface area contributed by atoms with Crippen LogP contribution in [0.2, 0.25) is 0 Å². The Labute approximate surface area is 403 Å². The van der Waals surface area contributed by atoms with Crippen molar-refractivity contribution >= 4 is 65.2 Å². The standard InChI is InChI=1S/C65H41N5/c1-4-18-42(19-5-1)50-27-14-15-29-52(50)57-41-49(70-61-39-46-24-11-10-23-45(46)38-58(61)55-36-32-43-20-12-13-28-51(43)62(55)70)34-37-56(57)65-67-63(44-21-6-2-7-22-44)66-64(68-65)47-33-35-54-53-30-16-17-31-59(53)69(60(54)40-47)48-25-8-3-9-26-48/h1-41H. The van der Waals surface area contributed by atoms with Gasteiger partial charge in [0.1, 0.15) is 0 Å². The van der Waals surface area contributed by atoms with Crippen molar-refractivity contribution in [3.63, 3.8) is 0 Å². The molecule has 0 saturated heterocycles. The molecule has 70 heavy (non-hydrogen) atoms. The summed E-state index contributed by atoms with van der Waals surface area (Å²) in [5.41, 5.74) is 13.8. The Hall–Kier alpha value is -9.45. The van der Waals surface area contributed by atoms with Gasteiger partial charge in [0.05, 0.1) is 22.1 Å². The number of benzene rings is 11. The topological polar surface area (TPSA) is 48.5 Å². The number of rotatable bonds is 7. The Morgan fingerprint density at radius 1 is 0.243 bits per heavy atom. The lowest BCUT2D eigenvalue weighted by Gasteiger charge is -2.18. The predicted molar refractivity (Wildman–Crippen MR) is 291 cm³/mol. The molecule has 3 heterocycles. The van der Waals surface area contributed by atoms with Gasteiger partial charge in [-0.25, -0.2) is 15.0 Å². The van der Waals surface area contributed by atoms with Crippen molar-refractivity contribution in [1.29, 1.82) is 0 Å². The molecule has 0 bridgehead atoms. The van der Waals surface area contributed by atoms with Crippen LogP contribution >= 0.6 is 0 Å². The molecule has 11 aromatic carbocycles. The number of aromatic nitrogens is 5. The first kappa shape index (κ1) is 39.7. The summed E-state index contributed by atoms with van der Waals surface area (Å²) >= 11 is 0. The maximum atomic E-state index is 5.48. The average molecular weight is 892 g/mol. The van der Waals surface area contributed by atoms with E-state index in [-0.39, 0.29) is 0 Å². The lowest BCUT2D eigenvalue weighted by molar-refractivity contribution is 1.07. The Bertz CT molecular complexity index is 4340. The predicted octanol–water partition coefficient (Wildman–Crippen LogP) is 16.7. The first-order valence-electron chi connectivity index (χ1n) is 23.8. The molecule has 0 radical (unpaired) electrons. The Morgan fingerprint density at radius 3 is 1.60 bits per heavy atom. The molecule has 5 nitrogen and oxygen atoms in total. The molecule has 0 fully saturated rings. The molecule has 0 aliphatic heterocycles. The molecule has 3 aromatic heterocycles. The summed E-state index contributed by atoms with van der Waals surface area (Å²) in [5, 5.41) is 9.61. The highest BCUT2D eigenvalue weighted by atomic mass is 15.0. The minimum absolute atomic E-state index is 0.593. The summed E-state index contributed by atoms with van der Waals surface area (Å²) in [7, 11) is 0. The molecule has 0 amide bonds. The third-order valence-corrected chi connectivity index (χ3v) is 13.9. The van der Waals surface area contributed by atoms with Gasteiger partial charge in [0.2, 0.25) is 0 Å². The van der Waals surface area contributed by atoms with E-state index >= 15 is 0 Å². The summed E-state index contributed by atoms with van der Waals surface area (Å²) in [4.78, 5) is 16.1. The van der Waals surface area contributed by atoms with Crippen LogP contribution in [0, 0.1) is 0 Å². The van der Waals surface area contributed by atoms with Crippen molar-refractivity contribution in [2.45, 2.75) is 0 Å². The van der Waals surface area contributed by atoms with Crippen LogP contribution in [0.3, 0.4) is 0 Å². The summed E-state index contributed by atoms with van der Waals surface area (Å²) in [6, 6.07) is 88.9. The molecule has 14 rings (SSSR count). The van der Waals surface area contributed by atoms with Crippen molar-refractivity contribution in [3.05, 3.63) is 249 Å². The summed E-state index contributed by atoms with van der Waals surface area (Å²) in [6.45, 7) is 0. The van der Waals surface area contributed by atoms with Gasteiger partial charge in [0.15, 0.2) is 17.5 Å². The van der Waals surface area contributed by atoms with E-state index < -0.39 is 0 Å². The van der Waals surface area contributed by atoms with E-state index in [0.29, 0.717) is 17.5 Å². The number of hydrogen-bond acceptors (Lipinski definition) is 3. The van der Waals surface area contributed by atoms with E-state index in [1.165, 1.54) is 48.6 Å². The molecule has 0 N–H and O–H groups in total. The average Bonchev–Trinajstić information content (AvgIpc) is 3.95. The molecule has 0 spiro atoms. The third kappa shape index (κ3) is 6.44. The Kier molecular flexibility index (Phi) is 9.14. The fraction of sp³-hybridized carbons (Fsp3) is 0. The molecule has 0 saturated carbocycles. The Morgan fingerprint density at radius 2 is 0.814 bits per heavy atom. The fourth-order valence-corrected chi connectivity index (χ4v) is 10.7. The van der Waals surface area contributed by atoms with E-state index in [4.69, 9.17) is 15.0 Å². The second-order valence-corrected chi connectivity index (χ2v) is 18.0. The second-order valence-electron chi connectivity index (χ2n) is 18.0. The van der Waals surface area contributed by atoms with Gasteiger partial charge in [-0.05, 0) is 93.0 Å². The molecular weight excluding hydrogens is 851 g/mol. The van der Waals surface area contributed by atoms with Crippen molar-refractivity contribution in [3.8, 4) is 67.8 Å². The van der Waals surface area contributed by atoms with Gasteiger partial charge < -0.3 is 9.13 Å². The lowest BCUT2D eigenvalue weighted by Crippen LogP contribution is -2.03. The van der Waals surface area contributed by atoms with Crippen molar-refractivity contribution in [2.24, 2.45) is 0 Å². The summed E-state index contributed by atoms with van der Waals surface area (Å²) < 4.78 is 4.81. The first-order valence-corrected chi connectivity index (χ1v) is 23.8. The zero-order valence-electron chi connectivity index (χ0n) is 37.9. The first-order chi connectivity index (χ1) is 34.7. The van der Waals surface area contributed by atoms with Crippen LogP contribution in [-0.2, 0) is 0 Å². The molecule has 5 heteroatoms. The van der Waals surface area contributed by atoms with Gasteiger partial charge in [-0.2, -0.15) is 0 Å². The zero-order chi connectivity index (χ0) is 46.1. The number of fused-ring (bicyclic) bond motifs is 9. The van der Waals surface area contributed by atoms with E-state index in [9.17, 15) is 0 Å². The van der Waals surface area contributed by atoms with Gasteiger partial charge in [0, 0.05) is 55.0 Å². The van der Waals surface area contributed by atoms with Crippen LogP contribution in [0.1, 0.15) is 0 Å². The van der Waals surface area contributed by atoms with E-state index in [1.807, 2.05) is 18.2 Å². The van der Waals surface area contributed by atoms with Crippen molar-refractivity contribution in [2.75, 3.05) is 0 Å². The molecule has 0 atom stereocenters. The molecule has 0 unspecified atom stereocenters. The quantitative estimate of drug-likeness (QED) is 0.160. The van der Waals surface area contributed by atoms with Crippen molar-refractivity contribution < 1.29 is 0 Å². The van der Waals surface area contributed by atoms with E-state index in [0.717, 1.165) is 66.9 Å². The van der Waals surface area contributed by atoms with Gasteiger partial charge in [-0.1, -0.05) is 194 Å². The van der Waals surface area contributed by atoms with Crippen LogP contribution in [0.5, 0.6) is 0 Å². The van der Waals surface area contributed by atoms with Crippen LogP contribution in [0.25, 0.3) is 133 Å². The van der Waals surface area contributed by atoms with Crippen molar-refractivity contribution in [1.82, 2.24) is 24.1 Å². The summed E-state index contributed by atoms with van der Waals surface area (Å²) in [6.07, 6.45) is 0. The highest BCUT2D eigenvalue weighted by Gasteiger charge is 2.23. The number of nitrogens with zero attached hydrogens (tertiary/aromatic N) is 5. The molecule has 326 valence electrons. The monoisotopic (exact) mass is 891 g/mol. The molecule has 0 aliphatic rings. The maximum Gasteiger partial charge on any atom is 0.164 e.